The van der Waals surface area contributed by atoms with Crippen molar-refractivity contribution >= 4 is 5.91 Å². The molecule has 0 radical (unpaired) electrons. The molecular formula is C21H19N3O. The second kappa shape index (κ2) is 6.48. The summed E-state index contributed by atoms with van der Waals surface area (Å²) in [5.41, 5.74) is 2.34. The van der Waals surface area contributed by atoms with Gasteiger partial charge in [0, 0.05) is 18.0 Å². The highest BCUT2D eigenvalue weighted by molar-refractivity contribution is 5.94. The van der Waals surface area contributed by atoms with Gasteiger partial charge in [-0.3, -0.25) is 4.79 Å². The zero-order chi connectivity index (χ0) is 17.1. The first kappa shape index (κ1) is 15.5. The highest BCUT2D eigenvalue weighted by Gasteiger charge is 2.40. The van der Waals surface area contributed by atoms with Crippen molar-refractivity contribution in [2.75, 3.05) is 0 Å². The minimum absolute atomic E-state index is 0.122. The Bertz CT molecular complexity index is 857. The van der Waals surface area contributed by atoms with Crippen molar-refractivity contribution in [1.82, 2.24) is 15.3 Å². The van der Waals surface area contributed by atoms with Crippen LogP contribution in [0.4, 0.5) is 0 Å². The number of hydrogen-bond acceptors (Lipinski definition) is 3. The fraction of sp³-hybridized carbons (Fsp3) is 0.190. The van der Waals surface area contributed by atoms with Crippen LogP contribution < -0.4 is 5.32 Å². The van der Waals surface area contributed by atoms with Gasteiger partial charge in [-0.15, -0.1) is 0 Å². The topological polar surface area (TPSA) is 54.9 Å². The van der Waals surface area contributed by atoms with E-state index < -0.39 is 0 Å². The highest BCUT2D eigenvalue weighted by atomic mass is 16.1. The maximum atomic E-state index is 12.7. The molecular weight excluding hydrogens is 310 g/mol. The number of benzene rings is 2. The van der Waals surface area contributed by atoms with E-state index in [4.69, 9.17) is 0 Å². The Kier molecular flexibility index (Phi) is 4.02. The molecule has 0 unspecified atom stereocenters. The fourth-order valence-corrected chi connectivity index (χ4v) is 3.24. The Labute approximate surface area is 147 Å². The molecule has 1 saturated carbocycles. The Balaban J connectivity index is 1.53. The maximum Gasteiger partial charge on any atom is 0.255 e. The summed E-state index contributed by atoms with van der Waals surface area (Å²) in [6, 6.07) is 19.9. The van der Waals surface area contributed by atoms with Gasteiger partial charge in [0.05, 0.1) is 11.1 Å². The molecule has 2 aromatic carbocycles. The molecule has 4 heteroatoms. The van der Waals surface area contributed by atoms with Crippen molar-refractivity contribution in [3.8, 4) is 11.4 Å². The van der Waals surface area contributed by atoms with E-state index >= 15 is 0 Å². The van der Waals surface area contributed by atoms with Crippen LogP contribution >= 0.6 is 0 Å². The van der Waals surface area contributed by atoms with Gasteiger partial charge >= 0.3 is 0 Å². The van der Waals surface area contributed by atoms with Crippen molar-refractivity contribution in [2.24, 2.45) is 0 Å². The van der Waals surface area contributed by atoms with Gasteiger partial charge in [-0.2, -0.15) is 0 Å². The molecule has 1 fully saturated rings. The average Bonchev–Trinajstić information content (AvgIpc) is 2.66. The van der Waals surface area contributed by atoms with Crippen LogP contribution in [0.1, 0.15) is 35.2 Å². The van der Waals surface area contributed by atoms with Crippen LogP contribution in [0.15, 0.2) is 73.1 Å². The highest BCUT2D eigenvalue weighted by Crippen LogP contribution is 2.41. The van der Waals surface area contributed by atoms with E-state index in [1.807, 2.05) is 48.5 Å². The second-order valence-electron chi connectivity index (χ2n) is 6.42. The van der Waals surface area contributed by atoms with Crippen LogP contribution in [0, 0.1) is 0 Å². The third kappa shape index (κ3) is 3.03. The van der Waals surface area contributed by atoms with Crippen LogP contribution in [-0.2, 0) is 5.54 Å². The van der Waals surface area contributed by atoms with Crippen LogP contribution in [0.25, 0.3) is 11.4 Å². The van der Waals surface area contributed by atoms with Crippen LogP contribution in [0.3, 0.4) is 0 Å². The lowest BCUT2D eigenvalue weighted by Crippen LogP contribution is -2.50. The van der Waals surface area contributed by atoms with Gasteiger partial charge in [0.25, 0.3) is 5.91 Å². The number of rotatable bonds is 4. The van der Waals surface area contributed by atoms with Crippen LogP contribution in [0.5, 0.6) is 0 Å². The van der Waals surface area contributed by atoms with Gasteiger partial charge in [0.15, 0.2) is 5.82 Å². The van der Waals surface area contributed by atoms with E-state index in [0.29, 0.717) is 11.4 Å². The van der Waals surface area contributed by atoms with E-state index in [1.165, 1.54) is 0 Å². The number of nitrogens with zero attached hydrogens (tertiary/aromatic N) is 2. The predicted molar refractivity (Wildman–Crippen MR) is 96.9 cm³/mol. The summed E-state index contributed by atoms with van der Waals surface area (Å²) >= 11 is 0. The van der Waals surface area contributed by atoms with E-state index in [9.17, 15) is 4.79 Å². The third-order valence-corrected chi connectivity index (χ3v) is 4.83. The van der Waals surface area contributed by atoms with Crippen LogP contribution in [-0.4, -0.2) is 15.9 Å². The monoisotopic (exact) mass is 329 g/mol. The molecule has 0 aliphatic heterocycles. The summed E-state index contributed by atoms with van der Waals surface area (Å²) in [6.07, 6.45) is 6.25. The smallest absolute Gasteiger partial charge is 0.255 e. The van der Waals surface area contributed by atoms with Crippen molar-refractivity contribution in [2.45, 2.75) is 24.8 Å². The molecule has 1 N–H and O–H groups in total. The first-order valence-electron chi connectivity index (χ1n) is 8.52. The van der Waals surface area contributed by atoms with Gasteiger partial charge < -0.3 is 5.32 Å². The minimum atomic E-state index is -0.254. The number of aromatic nitrogens is 2. The molecule has 1 aliphatic carbocycles. The summed E-state index contributed by atoms with van der Waals surface area (Å²) in [7, 11) is 0. The Morgan fingerprint density at radius 1 is 0.880 bits per heavy atom. The normalized spacial score (nSPS) is 15.2. The molecule has 0 saturated heterocycles. The lowest BCUT2D eigenvalue weighted by molar-refractivity contribution is 0.0822. The van der Waals surface area contributed by atoms with Crippen molar-refractivity contribution in [3.05, 3.63) is 84.2 Å². The number of amides is 1. The summed E-state index contributed by atoms with van der Waals surface area (Å²) < 4.78 is 0. The SMILES string of the molecule is O=C(NC1(c2ccccc2)CCC1)c1cnc(-c2ccccc2)nc1. The quantitative estimate of drug-likeness (QED) is 0.788. The number of carbonyl (C=O) groups excluding carboxylic acids is 1. The molecule has 1 heterocycles. The van der Waals surface area contributed by atoms with Gasteiger partial charge in [0.2, 0.25) is 0 Å². The Hall–Kier alpha value is -3.01. The largest absolute Gasteiger partial charge is 0.342 e. The molecule has 1 aromatic heterocycles. The van der Waals surface area contributed by atoms with E-state index in [1.54, 1.807) is 12.4 Å². The molecule has 0 bridgehead atoms. The maximum absolute atomic E-state index is 12.7. The van der Waals surface area contributed by atoms with E-state index in [2.05, 4.69) is 27.4 Å². The van der Waals surface area contributed by atoms with Crippen molar-refractivity contribution < 1.29 is 4.79 Å². The molecule has 0 spiro atoms. The first-order chi connectivity index (χ1) is 12.3. The number of hydrogen-bond donors (Lipinski definition) is 1. The summed E-state index contributed by atoms with van der Waals surface area (Å²) in [5, 5.41) is 3.20. The van der Waals surface area contributed by atoms with Gasteiger partial charge in [0.1, 0.15) is 0 Å². The van der Waals surface area contributed by atoms with Gasteiger partial charge in [-0.1, -0.05) is 60.7 Å². The zero-order valence-electron chi connectivity index (χ0n) is 13.9. The van der Waals surface area contributed by atoms with Gasteiger partial charge in [-0.05, 0) is 24.8 Å². The molecule has 1 amide bonds. The minimum Gasteiger partial charge on any atom is -0.342 e. The lowest BCUT2D eigenvalue weighted by Gasteiger charge is -2.43. The van der Waals surface area contributed by atoms with Crippen LogP contribution in [0.2, 0.25) is 0 Å². The fourth-order valence-electron chi connectivity index (χ4n) is 3.24. The van der Waals surface area contributed by atoms with Crippen molar-refractivity contribution in [3.63, 3.8) is 0 Å². The molecule has 1 aliphatic rings. The first-order valence-corrected chi connectivity index (χ1v) is 8.52. The Morgan fingerprint density at radius 2 is 1.48 bits per heavy atom. The van der Waals surface area contributed by atoms with E-state index in [-0.39, 0.29) is 11.4 Å². The second-order valence-corrected chi connectivity index (χ2v) is 6.42. The third-order valence-electron chi connectivity index (χ3n) is 4.83. The average molecular weight is 329 g/mol. The number of carbonyl (C=O) groups is 1. The molecule has 25 heavy (non-hydrogen) atoms. The molecule has 124 valence electrons. The molecule has 3 aromatic rings. The molecule has 4 nitrogen and oxygen atoms in total. The standard InChI is InChI=1S/C21H19N3O/c25-20(24-21(12-7-13-21)18-10-5-2-6-11-18)17-14-22-19(23-15-17)16-8-3-1-4-9-16/h1-6,8-11,14-15H,7,12-13H2,(H,24,25). The zero-order valence-corrected chi connectivity index (χ0v) is 13.9. The molecule has 4 rings (SSSR count). The summed E-state index contributed by atoms with van der Waals surface area (Å²) in [4.78, 5) is 21.4. The lowest BCUT2D eigenvalue weighted by atomic mass is 9.71. The summed E-state index contributed by atoms with van der Waals surface area (Å²) in [6.45, 7) is 0. The predicted octanol–water partition coefficient (Wildman–Crippen LogP) is 3.95. The summed E-state index contributed by atoms with van der Waals surface area (Å²) in [5.74, 6) is 0.502. The van der Waals surface area contributed by atoms with Gasteiger partial charge in [-0.25, -0.2) is 9.97 Å². The van der Waals surface area contributed by atoms with Crippen molar-refractivity contribution in [1.29, 1.82) is 0 Å². The number of nitrogens with one attached hydrogen (secondary N) is 1. The molecule has 0 atom stereocenters. The Morgan fingerprint density at radius 3 is 2.04 bits per heavy atom. The van der Waals surface area contributed by atoms with E-state index in [0.717, 1.165) is 30.4 Å².